The second-order valence-corrected chi connectivity index (χ2v) is 7.24. The van der Waals surface area contributed by atoms with E-state index in [4.69, 9.17) is 23.2 Å². The molecule has 2 N–H and O–H groups in total. The normalized spacial score (nSPS) is 22.7. The highest BCUT2D eigenvalue weighted by Crippen LogP contribution is 2.29. The molecule has 1 atom stereocenters. The Morgan fingerprint density at radius 2 is 1.92 bits per heavy atom. The Morgan fingerprint density at radius 1 is 1.21 bits per heavy atom. The number of anilines is 1. The monoisotopic (exact) mass is 370 g/mol. The van der Waals surface area contributed by atoms with Crippen molar-refractivity contribution in [3.8, 4) is 0 Å². The molecular weight excluding hydrogens is 347 g/mol. The van der Waals surface area contributed by atoms with E-state index in [-0.39, 0.29) is 5.91 Å². The van der Waals surface area contributed by atoms with Crippen LogP contribution in [0.5, 0.6) is 0 Å². The lowest BCUT2D eigenvalue weighted by Crippen LogP contribution is -2.49. The van der Waals surface area contributed by atoms with Gasteiger partial charge >= 0.3 is 0 Å². The summed E-state index contributed by atoms with van der Waals surface area (Å²) in [5, 5.41) is 7.16. The Morgan fingerprint density at radius 3 is 2.62 bits per heavy atom. The van der Waals surface area contributed by atoms with Gasteiger partial charge in [0, 0.05) is 51.7 Å². The average Bonchev–Trinajstić information content (AvgIpc) is 3.06. The van der Waals surface area contributed by atoms with Crippen LogP contribution in [0, 0.1) is 0 Å². The van der Waals surface area contributed by atoms with Gasteiger partial charge in [0.05, 0.1) is 15.7 Å². The molecule has 7 heteroatoms. The van der Waals surface area contributed by atoms with E-state index in [0.29, 0.717) is 28.2 Å². The molecule has 5 nitrogen and oxygen atoms in total. The molecule has 3 rings (SSSR count). The maximum atomic E-state index is 12.2. The molecule has 1 unspecified atom stereocenters. The molecular formula is C17H24Cl2N4O. The highest BCUT2D eigenvalue weighted by Gasteiger charge is 2.28. The number of halogens is 2. The topological polar surface area (TPSA) is 47.6 Å². The first kappa shape index (κ1) is 18.0. The van der Waals surface area contributed by atoms with Gasteiger partial charge in [-0.25, -0.2) is 0 Å². The molecule has 0 radical (unpaired) electrons. The molecule has 2 aliphatic heterocycles. The van der Waals surface area contributed by atoms with Crippen LogP contribution in [-0.2, 0) is 4.79 Å². The van der Waals surface area contributed by atoms with E-state index in [1.165, 1.54) is 6.42 Å². The van der Waals surface area contributed by atoms with Crippen LogP contribution in [0.1, 0.15) is 12.8 Å². The van der Waals surface area contributed by atoms with Gasteiger partial charge in [0.2, 0.25) is 5.91 Å². The SMILES string of the molecule is O=C(CCN1CCC(N2CCNCC2)C1)Nc1c(Cl)cccc1Cl. The lowest BCUT2D eigenvalue weighted by atomic mass is 10.2. The fourth-order valence-electron chi connectivity index (χ4n) is 3.44. The summed E-state index contributed by atoms with van der Waals surface area (Å²) in [5.74, 6) is -0.0457. The number of nitrogens with zero attached hydrogens (tertiary/aromatic N) is 2. The molecule has 0 saturated carbocycles. The quantitative estimate of drug-likeness (QED) is 0.834. The minimum absolute atomic E-state index is 0.0457. The highest BCUT2D eigenvalue weighted by molar-refractivity contribution is 6.39. The molecule has 0 aliphatic carbocycles. The minimum atomic E-state index is -0.0457. The number of carbonyl (C=O) groups excluding carboxylic acids is 1. The molecule has 2 aliphatic rings. The number of carbonyl (C=O) groups is 1. The first-order valence-electron chi connectivity index (χ1n) is 8.54. The van der Waals surface area contributed by atoms with Gasteiger partial charge in [-0.1, -0.05) is 29.3 Å². The molecule has 1 aromatic carbocycles. The van der Waals surface area contributed by atoms with E-state index in [1.807, 2.05) is 0 Å². The standard InChI is InChI=1S/C17H24Cl2N4O/c18-14-2-1-3-15(19)17(14)21-16(24)5-9-22-8-4-13(12-22)23-10-6-20-7-11-23/h1-3,13,20H,4-12H2,(H,21,24). The summed E-state index contributed by atoms with van der Waals surface area (Å²) in [6, 6.07) is 5.84. The van der Waals surface area contributed by atoms with Gasteiger partial charge in [0.25, 0.3) is 0 Å². The summed E-state index contributed by atoms with van der Waals surface area (Å²) in [6.45, 7) is 7.31. The zero-order chi connectivity index (χ0) is 16.9. The lowest BCUT2D eigenvalue weighted by molar-refractivity contribution is -0.116. The van der Waals surface area contributed by atoms with Gasteiger partial charge < -0.3 is 15.5 Å². The Kier molecular flexibility index (Phi) is 6.36. The number of likely N-dealkylation sites (tertiary alicyclic amines) is 1. The van der Waals surface area contributed by atoms with Crippen LogP contribution in [-0.4, -0.2) is 67.6 Å². The van der Waals surface area contributed by atoms with Gasteiger partial charge in [0.15, 0.2) is 0 Å². The Labute approximate surface area is 153 Å². The second-order valence-electron chi connectivity index (χ2n) is 6.42. The molecule has 2 heterocycles. The summed E-state index contributed by atoms with van der Waals surface area (Å²) < 4.78 is 0. The number of amides is 1. The zero-order valence-corrected chi connectivity index (χ0v) is 15.2. The number of para-hydroxylation sites is 1. The van der Waals surface area contributed by atoms with E-state index in [0.717, 1.165) is 45.8 Å². The largest absolute Gasteiger partial charge is 0.324 e. The van der Waals surface area contributed by atoms with Crippen LogP contribution < -0.4 is 10.6 Å². The van der Waals surface area contributed by atoms with Gasteiger partial charge in [0.1, 0.15) is 0 Å². The van der Waals surface area contributed by atoms with E-state index in [1.54, 1.807) is 18.2 Å². The number of nitrogens with one attached hydrogen (secondary N) is 2. The summed E-state index contributed by atoms with van der Waals surface area (Å²) in [5.41, 5.74) is 0.506. The van der Waals surface area contributed by atoms with Crippen molar-refractivity contribution >= 4 is 34.8 Å². The molecule has 1 aromatic rings. The maximum Gasteiger partial charge on any atom is 0.225 e. The number of rotatable bonds is 5. The molecule has 2 saturated heterocycles. The Hall–Kier alpha value is -0.850. The predicted molar refractivity (Wildman–Crippen MR) is 99.0 cm³/mol. The molecule has 0 bridgehead atoms. The van der Waals surface area contributed by atoms with Gasteiger partial charge in [-0.05, 0) is 25.1 Å². The number of benzene rings is 1. The first-order valence-corrected chi connectivity index (χ1v) is 9.30. The molecule has 132 valence electrons. The zero-order valence-electron chi connectivity index (χ0n) is 13.7. The van der Waals surface area contributed by atoms with Crippen molar-refractivity contribution in [3.63, 3.8) is 0 Å². The molecule has 0 aromatic heterocycles. The van der Waals surface area contributed by atoms with Crippen LogP contribution in [0.4, 0.5) is 5.69 Å². The van der Waals surface area contributed by atoms with Crippen LogP contribution in [0.25, 0.3) is 0 Å². The van der Waals surface area contributed by atoms with Crippen molar-refractivity contribution in [2.75, 3.05) is 51.1 Å². The maximum absolute atomic E-state index is 12.2. The smallest absolute Gasteiger partial charge is 0.225 e. The highest BCUT2D eigenvalue weighted by atomic mass is 35.5. The number of hydrogen-bond donors (Lipinski definition) is 2. The molecule has 24 heavy (non-hydrogen) atoms. The second kappa shape index (κ2) is 8.50. The fourth-order valence-corrected chi connectivity index (χ4v) is 3.93. The van der Waals surface area contributed by atoms with E-state index >= 15 is 0 Å². The third-order valence-corrected chi connectivity index (χ3v) is 5.43. The van der Waals surface area contributed by atoms with Crippen LogP contribution in [0.3, 0.4) is 0 Å². The fraction of sp³-hybridized carbons (Fsp3) is 0.588. The van der Waals surface area contributed by atoms with E-state index < -0.39 is 0 Å². The van der Waals surface area contributed by atoms with Gasteiger partial charge in [-0.3, -0.25) is 9.69 Å². The van der Waals surface area contributed by atoms with Crippen molar-refractivity contribution in [1.82, 2.24) is 15.1 Å². The summed E-state index contributed by atoms with van der Waals surface area (Å²) >= 11 is 12.2. The minimum Gasteiger partial charge on any atom is -0.324 e. The van der Waals surface area contributed by atoms with Gasteiger partial charge in [-0.2, -0.15) is 0 Å². The number of hydrogen-bond acceptors (Lipinski definition) is 4. The van der Waals surface area contributed by atoms with E-state index in [9.17, 15) is 4.79 Å². The number of piperazine rings is 1. The van der Waals surface area contributed by atoms with Crippen molar-refractivity contribution in [2.24, 2.45) is 0 Å². The lowest BCUT2D eigenvalue weighted by Gasteiger charge is -2.32. The summed E-state index contributed by atoms with van der Waals surface area (Å²) in [7, 11) is 0. The van der Waals surface area contributed by atoms with Crippen LogP contribution in [0.15, 0.2) is 18.2 Å². The van der Waals surface area contributed by atoms with E-state index in [2.05, 4.69) is 20.4 Å². The Bertz CT molecular complexity index is 557. The van der Waals surface area contributed by atoms with Crippen LogP contribution in [0.2, 0.25) is 10.0 Å². The third kappa shape index (κ3) is 4.61. The molecule has 0 spiro atoms. The van der Waals surface area contributed by atoms with Crippen molar-refractivity contribution in [1.29, 1.82) is 0 Å². The predicted octanol–water partition coefficient (Wildman–Crippen LogP) is 2.30. The third-order valence-electron chi connectivity index (χ3n) is 4.80. The van der Waals surface area contributed by atoms with Crippen molar-refractivity contribution in [3.05, 3.63) is 28.2 Å². The average molecular weight is 371 g/mol. The molecule has 1 amide bonds. The van der Waals surface area contributed by atoms with Crippen LogP contribution >= 0.6 is 23.2 Å². The Balaban J connectivity index is 1.43. The van der Waals surface area contributed by atoms with Crippen molar-refractivity contribution < 1.29 is 4.79 Å². The first-order chi connectivity index (χ1) is 11.6. The summed E-state index contributed by atoms with van der Waals surface area (Å²) in [4.78, 5) is 17.1. The van der Waals surface area contributed by atoms with Crippen molar-refractivity contribution in [2.45, 2.75) is 18.9 Å². The molecule has 2 fully saturated rings. The summed E-state index contributed by atoms with van der Waals surface area (Å²) in [6.07, 6.45) is 1.65. The van der Waals surface area contributed by atoms with Gasteiger partial charge in [-0.15, -0.1) is 0 Å².